The van der Waals surface area contributed by atoms with Crippen LogP contribution in [-0.2, 0) is 0 Å². The Labute approximate surface area is 161 Å². The van der Waals surface area contributed by atoms with Gasteiger partial charge in [0.25, 0.3) is 5.91 Å². The van der Waals surface area contributed by atoms with E-state index in [-0.39, 0.29) is 11.5 Å². The second kappa shape index (κ2) is 7.99. The third kappa shape index (κ3) is 4.06. The molecule has 1 aromatic carbocycles. The van der Waals surface area contributed by atoms with Gasteiger partial charge in [0.15, 0.2) is 0 Å². The Kier molecular flexibility index (Phi) is 5.09. The largest absolute Gasteiger partial charge is 0.353 e. The van der Waals surface area contributed by atoms with Crippen LogP contribution in [0, 0.1) is 5.82 Å². The van der Waals surface area contributed by atoms with E-state index in [9.17, 15) is 9.18 Å². The van der Waals surface area contributed by atoms with Crippen LogP contribution in [0.5, 0.6) is 0 Å². The van der Waals surface area contributed by atoms with Crippen LogP contribution in [0.1, 0.15) is 10.4 Å². The van der Waals surface area contributed by atoms with Gasteiger partial charge in [0.1, 0.15) is 11.6 Å². The van der Waals surface area contributed by atoms with E-state index >= 15 is 0 Å². The van der Waals surface area contributed by atoms with Crippen LogP contribution in [0.25, 0.3) is 0 Å². The summed E-state index contributed by atoms with van der Waals surface area (Å²) in [4.78, 5) is 29.5. The van der Waals surface area contributed by atoms with Crippen molar-refractivity contribution >= 4 is 23.4 Å². The molecule has 4 rings (SSSR count). The lowest BCUT2D eigenvalue weighted by Crippen LogP contribution is -2.47. The van der Waals surface area contributed by atoms with Gasteiger partial charge in [-0.05, 0) is 36.4 Å². The summed E-state index contributed by atoms with van der Waals surface area (Å²) in [6.45, 7) is 3.23. The van der Waals surface area contributed by atoms with Gasteiger partial charge in [-0.2, -0.15) is 0 Å². The molecule has 142 valence electrons. The lowest BCUT2D eigenvalue weighted by atomic mass is 10.2. The molecule has 1 fully saturated rings. The summed E-state index contributed by atoms with van der Waals surface area (Å²) in [5, 5.41) is 2.73. The number of halogens is 1. The van der Waals surface area contributed by atoms with Crippen molar-refractivity contribution in [3.8, 4) is 0 Å². The number of amides is 1. The van der Waals surface area contributed by atoms with Gasteiger partial charge in [-0.1, -0.05) is 6.07 Å². The smallest absolute Gasteiger partial charge is 0.255 e. The number of pyridine rings is 1. The van der Waals surface area contributed by atoms with E-state index < -0.39 is 5.82 Å². The van der Waals surface area contributed by atoms with Crippen molar-refractivity contribution < 1.29 is 9.18 Å². The lowest BCUT2D eigenvalue weighted by molar-refractivity contribution is 0.102. The van der Waals surface area contributed by atoms with Crippen molar-refractivity contribution in [2.75, 3.05) is 41.3 Å². The monoisotopic (exact) mass is 378 g/mol. The molecule has 3 aromatic rings. The van der Waals surface area contributed by atoms with Gasteiger partial charge in [-0.25, -0.2) is 19.3 Å². The molecule has 2 aromatic heterocycles. The summed E-state index contributed by atoms with van der Waals surface area (Å²) in [5.74, 6) is 0.773. The molecule has 7 nitrogen and oxygen atoms in total. The number of piperazine rings is 1. The van der Waals surface area contributed by atoms with Crippen molar-refractivity contribution in [1.29, 1.82) is 0 Å². The van der Waals surface area contributed by atoms with E-state index in [2.05, 4.69) is 30.1 Å². The van der Waals surface area contributed by atoms with E-state index in [4.69, 9.17) is 0 Å². The molecule has 8 heteroatoms. The number of benzene rings is 1. The van der Waals surface area contributed by atoms with Crippen LogP contribution in [0.15, 0.2) is 61.1 Å². The molecule has 3 heterocycles. The molecule has 0 spiro atoms. The quantitative estimate of drug-likeness (QED) is 0.752. The predicted molar refractivity (Wildman–Crippen MR) is 105 cm³/mol. The van der Waals surface area contributed by atoms with Crippen LogP contribution in [0.4, 0.5) is 21.8 Å². The van der Waals surface area contributed by atoms with Crippen LogP contribution in [0.2, 0.25) is 0 Å². The Bertz CT molecular complexity index is 942. The van der Waals surface area contributed by atoms with E-state index in [0.717, 1.165) is 37.9 Å². The Morgan fingerprint density at radius 2 is 1.68 bits per heavy atom. The van der Waals surface area contributed by atoms with Gasteiger partial charge in [0.2, 0.25) is 5.95 Å². The van der Waals surface area contributed by atoms with Crippen molar-refractivity contribution in [1.82, 2.24) is 15.0 Å². The molecule has 1 saturated heterocycles. The highest BCUT2D eigenvalue weighted by atomic mass is 19.1. The standard InChI is InChI=1S/C20H19FN6O/c21-16-4-1-3-15(13-16)19(28)25-17-5-6-18(24-14-17)26-9-11-27(12-10-26)20-22-7-2-8-23-20/h1-8,13-14H,9-12H2,(H,25,28). The number of hydrogen-bond donors (Lipinski definition) is 1. The van der Waals surface area contributed by atoms with Gasteiger partial charge < -0.3 is 15.1 Å². The van der Waals surface area contributed by atoms with Gasteiger partial charge >= 0.3 is 0 Å². The average molecular weight is 378 g/mol. The van der Waals surface area contributed by atoms with Crippen LogP contribution >= 0.6 is 0 Å². The minimum atomic E-state index is -0.443. The summed E-state index contributed by atoms with van der Waals surface area (Å²) in [6.07, 6.45) is 5.10. The maximum absolute atomic E-state index is 13.3. The molecule has 0 saturated carbocycles. The van der Waals surface area contributed by atoms with E-state index in [0.29, 0.717) is 5.69 Å². The van der Waals surface area contributed by atoms with E-state index in [1.807, 2.05) is 6.07 Å². The fourth-order valence-corrected chi connectivity index (χ4v) is 3.07. The van der Waals surface area contributed by atoms with Crippen LogP contribution in [0.3, 0.4) is 0 Å². The molecule has 0 aliphatic carbocycles. The van der Waals surface area contributed by atoms with E-state index in [1.165, 1.54) is 18.2 Å². The highest BCUT2D eigenvalue weighted by Crippen LogP contribution is 2.18. The van der Waals surface area contributed by atoms with E-state index in [1.54, 1.807) is 36.8 Å². The number of carbonyl (C=O) groups is 1. The van der Waals surface area contributed by atoms with Gasteiger partial charge in [0, 0.05) is 44.1 Å². The molecule has 28 heavy (non-hydrogen) atoms. The van der Waals surface area contributed by atoms with Crippen LogP contribution < -0.4 is 15.1 Å². The minimum absolute atomic E-state index is 0.267. The molecule has 0 unspecified atom stereocenters. The SMILES string of the molecule is O=C(Nc1ccc(N2CCN(c3ncccn3)CC2)nc1)c1cccc(F)c1. The van der Waals surface area contributed by atoms with Gasteiger partial charge in [-0.3, -0.25) is 4.79 Å². The molecule has 1 N–H and O–H groups in total. The first-order valence-corrected chi connectivity index (χ1v) is 8.99. The minimum Gasteiger partial charge on any atom is -0.353 e. The zero-order chi connectivity index (χ0) is 19.3. The third-order valence-electron chi connectivity index (χ3n) is 4.53. The number of carbonyl (C=O) groups excluding carboxylic acids is 1. The Balaban J connectivity index is 1.35. The fraction of sp³-hybridized carbons (Fsp3) is 0.200. The summed E-state index contributed by atoms with van der Waals surface area (Å²) in [7, 11) is 0. The first kappa shape index (κ1) is 17.8. The Morgan fingerprint density at radius 1 is 0.929 bits per heavy atom. The second-order valence-corrected chi connectivity index (χ2v) is 6.39. The maximum Gasteiger partial charge on any atom is 0.255 e. The molecule has 1 aliphatic rings. The normalized spacial score (nSPS) is 14.0. The number of nitrogens with one attached hydrogen (secondary N) is 1. The number of aromatic nitrogens is 3. The van der Waals surface area contributed by atoms with Gasteiger partial charge in [-0.15, -0.1) is 0 Å². The highest BCUT2D eigenvalue weighted by Gasteiger charge is 2.19. The topological polar surface area (TPSA) is 74.2 Å². The van der Waals surface area contributed by atoms with Crippen molar-refractivity contribution in [3.05, 3.63) is 72.4 Å². The molecule has 1 aliphatic heterocycles. The first-order chi connectivity index (χ1) is 13.7. The second-order valence-electron chi connectivity index (χ2n) is 6.39. The first-order valence-electron chi connectivity index (χ1n) is 8.99. The van der Waals surface area contributed by atoms with Gasteiger partial charge in [0.05, 0.1) is 11.9 Å². The van der Waals surface area contributed by atoms with Crippen molar-refractivity contribution in [2.24, 2.45) is 0 Å². The number of hydrogen-bond acceptors (Lipinski definition) is 6. The fourth-order valence-electron chi connectivity index (χ4n) is 3.07. The maximum atomic E-state index is 13.3. The highest BCUT2D eigenvalue weighted by molar-refractivity contribution is 6.04. The Morgan fingerprint density at radius 3 is 2.36 bits per heavy atom. The third-order valence-corrected chi connectivity index (χ3v) is 4.53. The molecular weight excluding hydrogens is 359 g/mol. The predicted octanol–water partition coefficient (Wildman–Crippen LogP) is 2.59. The number of rotatable bonds is 4. The Hall–Kier alpha value is -3.55. The molecule has 0 bridgehead atoms. The number of anilines is 3. The zero-order valence-electron chi connectivity index (χ0n) is 15.1. The molecular formula is C20H19FN6O. The summed E-state index contributed by atoms with van der Waals surface area (Å²) in [6, 6.07) is 11.0. The average Bonchev–Trinajstić information content (AvgIpc) is 2.75. The van der Waals surface area contributed by atoms with Crippen molar-refractivity contribution in [3.63, 3.8) is 0 Å². The van der Waals surface area contributed by atoms with Crippen molar-refractivity contribution in [2.45, 2.75) is 0 Å². The summed E-state index contributed by atoms with van der Waals surface area (Å²) >= 11 is 0. The number of nitrogens with zero attached hydrogens (tertiary/aromatic N) is 5. The zero-order valence-corrected chi connectivity index (χ0v) is 15.1. The van der Waals surface area contributed by atoms with Crippen LogP contribution in [-0.4, -0.2) is 47.0 Å². The molecule has 0 atom stereocenters. The molecule has 0 radical (unpaired) electrons. The summed E-state index contributed by atoms with van der Waals surface area (Å²) < 4.78 is 13.3. The lowest BCUT2D eigenvalue weighted by Gasteiger charge is -2.35. The summed E-state index contributed by atoms with van der Waals surface area (Å²) in [5.41, 5.74) is 0.831. The molecule has 1 amide bonds.